The van der Waals surface area contributed by atoms with E-state index in [1.165, 1.54) is 11.1 Å². The van der Waals surface area contributed by atoms with Crippen molar-refractivity contribution in [2.45, 2.75) is 44.9 Å². The van der Waals surface area contributed by atoms with Crippen molar-refractivity contribution in [2.75, 3.05) is 0 Å². The Labute approximate surface area is 91.5 Å². The van der Waals surface area contributed by atoms with Gasteiger partial charge in [0.15, 0.2) is 0 Å². The van der Waals surface area contributed by atoms with Crippen molar-refractivity contribution in [1.82, 2.24) is 0 Å². The zero-order chi connectivity index (χ0) is 11.1. The van der Waals surface area contributed by atoms with Crippen LogP contribution < -0.4 is 0 Å². The number of hydrogen-bond acceptors (Lipinski definition) is 1. The molecule has 0 saturated heterocycles. The topological polar surface area (TPSA) is 17.1 Å². The van der Waals surface area contributed by atoms with Crippen molar-refractivity contribution in [3.8, 4) is 0 Å². The average Bonchev–Trinajstić information content (AvgIpc) is 2.98. The molecule has 1 aliphatic rings. The van der Waals surface area contributed by atoms with Crippen molar-refractivity contribution < 1.29 is 4.79 Å². The minimum Gasteiger partial charge on any atom is -0.299 e. The maximum absolute atomic E-state index is 11.5. The van der Waals surface area contributed by atoms with Gasteiger partial charge in [-0.15, -0.1) is 0 Å². The number of carbonyl (C=O) groups excluding carboxylic acids is 1. The summed E-state index contributed by atoms with van der Waals surface area (Å²) in [4.78, 5) is 11.5. The predicted molar refractivity (Wildman–Crippen MR) is 62.1 cm³/mol. The highest BCUT2D eigenvalue weighted by molar-refractivity contribution is 5.91. The van der Waals surface area contributed by atoms with Crippen LogP contribution >= 0.6 is 0 Å². The predicted octanol–water partition coefficient (Wildman–Crippen LogP) is 3.43. The second kappa shape index (κ2) is 3.48. The number of carbonyl (C=O) groups is 1. The third-order valence-electron chi connectivity index (χ3n) is 3.55. The lowest BCUT2D eigenvalue weighted by molar-refractivity contribution is -0.119. The molecule has 0 bridgehead atoms. The zero-order valence-electron chi connectivity index (χ0n) is 9.71. The van der Waals surface area contributed by atoms with Crippen LogP contribution in [-0.2, 0) is 10.2 Å². The molecule has 1 aromatic carbocycles. The van der Waals surface area contributed by atoms with E-state index in [2.05, 4.69) is 38.1 Å². The van der Waals surface area contributed by atoms with Gasteiger partial charge >= 0.3 is 0 Å². The Kier molecular flexibility index (Phi) is 2.41. The van der Waals surface area contributed by atoms with Crippen molar-refractivity contribution in [3.05, 3.63) is 35.4 Å². The first-order valence-electron chi connectivity index (χ1n) is 5.68. The standard InChI is InChI=1S/C14H18O/c1-10(2)12-4-6-13(7-5-12)14(8-9-14)11(3)15/h4-7,10H,8-9H2,1-3H3. The molecule has 15 heavy (non-hydrogen) atoms. The summed E-state index contributed by atoms with van der Waals surface area (Å²) in [5.74, 6) is 0.881. The smallest absolute Gasteiger partial charge is 0.140 e. The van der Waals surface area contributed by atoms with Crippen LogP contribution in [-0.4, -0.2) is 5.78 Å². The zero-order valence-corrected chi connectivity index (χ0v) is 9.71. The minimum absolute atomic E-state index is 0.116. The molecule has 0 spiro atoms. The number of hydrogen-bond donors (Lipinski definition) is 0. The summed E-state index contributed by atoms with van der Waals surface area (Å²) >= 11 is 0. The summed E-state index contributed by atoms with van der Waals surface area (Å²) in [6.07, 6.45) is 2.06. The molecule has 0 aromatic heterocycles. The molecule has 0 heterocycles. The molecule has 1 aromatic rings. The summed E-state index contributed by atoms with van der Waals surface area (Å²) in [5.41, 5.74) is 2.44. The highest BCUT2D eigenvalue weighted by Crippen LogP contribution is 2.48. The Morgan fingerprint density at radius 3 is 2.07 bits per heavy atom. The number of Topliss-reactive ketones (excluding diaryl/α,β-unsaturated/α-hetero) is 1. The SMILES string of the molecule is CC(=O)C1(c2ccc(C(C)C)cc2)CC1. The summed E-state index contributed by atoms with van der Waals surface area (Å²) in [6.45, 7) is 6.09. The number of rotatable bonds is 3. The Bertz CT molecular complexity index is 369. The molecular formula is C14H18O. The summed E-state index contributed by atoms with van der Waals surface area (Å²) in [7, 11) is 0. The second-order valence-electron chi connectivity index (χ2n) is 4.92. The molecule has 1 heteroatoms. The summed E-state index contributed by atoms with van der Waals surface area (Å²) in [5, 5.41) is 0. The van der Waals surface area contributed by atoms with Crippen LogP contribution in [0.5, 0.6) is 0 Å². The Morgan fingerprint density at radius 2 is 1.73 bits per heavy atom. The van der Waals surface area contributed by atoms with Gasteiger partial charge in [0.25, 0.3) is 0 Å². The molecule has 0 atom stereocenters. The van der Waals surface area contributed by atoms with Gasteiger partial charge in [-0.2, -0.15) is 0 Å². The van der Waals surface area contributed by atoms with Crippen molar-refractivity contribution >= 4 is 5.78 Å². The van der Waals surface area contributed by atoms with Gasteiger partial charge in [0, 0.05) is 0 Å². The van der Waals surface area contributed by atoms with Gasteiger partial charge in [-0.25, -0.2) is 0 Å². The van der Waals surface area contributed by atoms with Crippen LogP contribution in [0.1, 0.15) is 50.7 Å². The normalized spacial score (nSPS) is 17.9. The molecule has 0 aliphatic heterocycles. The van der Waals surface area contributed by atoms with Crippen molar-refractivity contribution in [1.29, 1.82) is 0 Å². The molecule has 0 amide bonds. The molecule has 0 radical (unpaired) electrons. The van der Waals surface area contributed by atoms with Crippen LogP contribution in [0.15, 0.2) is 24.3 Å². The first kappa shape index (κ1) is 10.4. The van der Waals surface area contributed by atoms with E-state index < -0.39 is 0 Å². The fraction of sp³-hybridized carbons (Fsp3) is 0.500. The highest BCUT2D eigenvalue weighted by Gasteiger charge is 2.48. The molecule has 80 valence electrons. The van der Waals surface area contributed by atoms with Gasteiger partial charge in [-0.05, 0) is 36.8 Å². The van der Waals surface area contributed by atoms with Gasteiger partial charge in [0.05, 0.1) is 5.41 Å². The van der Waals surface area contributed by atoms with Crippen LogP contribution in [0.2, 0.25) is 0 Å². The van der Waals surface area contributed by atoms with Crippen LogP contribution in [0, 0.1) is 0 Å². The molecule has 2 rings (SSSR count). The molecule has 0 unspecified atom stereocenters. The third-order valence-corrected chi connectivity index (χ3v) is 3.55. The Balaban J connectivity index is 2.28. The van der Waals surface area contributed by atoms with Gasteiger partial charge in [0.1, 0.15) is 5.78 Å². The van der Waals surface area contributed by atoms with Gasteiger partial charge < -0.3 is 0 Å². The number of benzene rings is 1. The van der Waals surface area contributed by atoms with Gasteiger partial charge in [-0.1, -0.05) is 38.1 Å². The van der Waals surface area contributed by atoms with Crippen LogP contribution in [0.3, 0.4) is 0 Å². The first-order valence-corrected chi connectivity index (χ1v) is 5.68. The van der Waals surface area contributed by atoms with E-state index in [0.29, 0.717) is 11.7 Å². The minimum atomic E-state index is -0.116. The molecule has 1 aliphatic carbocycles. The van der Waals surface area contributed by atoms with E-state index >= 15 is 0 Å². The van der Waals surface area contributed by atoms with E-state index in [9.17, 15) is 4.79 Å². The van der Waals surface area contributed by atoms with Crippen LogP contribution in [0.25, 0.3) is 0 Å². The quantitative estimate of drug-likeness (QED) is 0.734. The number of ketones is 1. The largest absolute Gasteiger partial charge is 0.299 e. The van der Waals surface area contributed by atoms with E-state index in [1.54, 1.807) is 6.92 Å². The molecular weight excluding hydrogens is 184 g/mol. The van der Waals surface area contributed by atoms with Crippen LogP contribution in [0.4, 0.5) is 0 Å². The lowest BCUT2D eigenvalue weighted by Gasteiger charge is -2.13. The van der Waals surface area contributed by atoms with E-state index in [4.69, 9.17) is 0 Å². The summed E-state index contributed by atoms with van der Waals surface area (Å²) in [6, 6.07) is 8.57. The molecule has 1 fully saturated rings. The fourth-order valence-electron chi connectivity index (χ4n) is 2.16. The van der Waals surface area contributed by atoms with Gasteiger partial charge in [-0.3, -0.25) is 4.79 Å². The third kappa shape index (κ3) is 1.71. The second-order valence-corrected chi connectivity index (χ2v) is 4.92. The Morgan fingerprint density at radius 1 is 1.20 bits per heavy atom. The Hall–Kier alpha value is -1.11. The lowest BCUT2D eigenvalue weighted by atomic mass is 9.90. The molecule has 1 nitrogen and oxygen atoms in total. The maximum Gasteiger partial charge on any atom is 0.140 e. The monoisotopic (exact) mass is 202 g/mol. The molecule has 1 saturated carbocycles. The highest BCUT2D eigenvalue weighted by atomic mass is 16.1. The van der Waals surface area contributed by atoms with Crippen molar-refractivity contribution in [2.24, 2.45) is 0 Å². The fourth-order valence-corrected chi connectivity index (χ4v) is 2.16. The lowest BCUT2D eigenvalue weighted by Crippen LogP contribution is -2.16. The van der Waals surface area contributed by atoms with E-state index in [1.807, 2.05) is 0 Å². The first-order chi connectivity index (χ1) is 7.06. The van der Waals surface area contributed by atoms with E-state index in [0.717, 1.165) is 12.8 Å². The van der Waals surface area contributed by atoms with Crippen molar-refractivity contribution in [3.63, 3.8) is 0 Å². The summed E-state index contributed by atoms with van der Waals surface area (Å²) < 4.78 is 0. The van der Waals surface area contributed by atoms with E-state index in [-0.39, 0.29) is 5.41 Å². The maximum atomic E-state index is 11.5. The van der Waals surface area contributed by atoms with Gasteiger partial charge in [0.2, 0.25) is 0 Å². The molecule has 0 N–H and O–H groups in total. The average molecular weight is 202 g/mol.